The van der Waals surface area contributed by atoms with Gasteiger partial charge in [0.05, 0.1) is 12.8 Å². The van der Waals surface area contributed by atoms with Crippen molar-refractivity contribution in [3.05, 3.63) is 48.0 Å². The lowest BCUT2D eigenvalue weighted by Crippen LogP contribution is -2.16. The van der Waals surface area contributed by atoms with Gasteiger partial charge in [-0.3, -0.25) is 9.59 Å². The van der Waals surface area contributed by atoms with Crippen LogP contribution < -0.4 is 0 Å². The van der Waals surface area contributed by atoms with Crippen LogP contribution in [0.2, 0.25) is 0 Å². The Morgan fingerprint density at radius 3 is 2.69 bits per heavy atom. The Hall–Kier alpha value is -1.90. The molecule has 1 aromatic rings. The molecule has 0 N–H and O–H groups in total. The van der Waals surface area contributed by atoms with E-state index in [2.05, 4.69) is 0 Å². The second-order valence-electron chi connectivity index (χ2n) is 3.72. The van der Waals surface area contributed by atoms with Gasteiger partial charge in [0.1, 0.15) is 6.10 Å². The summed E-state index contributed by atoms with van der Waals surface area (Å²) in [6.07, 6.45) is 3.25. The molecule has 82 valence electrons. The Bertz CT molecular complexity index is 420. The quantitative estimate of drug-likeness (QED) is 0.722. The number of ketones is 1. The van der Waals surface area contributed by atoms with Gasteiger partial charge in [-0.25, -0.2) is 0 Å². The molecule has 1 aromatic carbocycles. The van der Waals surface area contributed by atoms with Crippen LogP contribution in [0, 0.1) is 0 Å². The summed E-state index contributed by atoms with van der Waals surface area (Å²) in [6, 6.07) is 9.39. The van der Waals surface area contributed by atoms with E-state index in [-0.39, 0.29) is 30.7 Å². The second kappa shape index (κ2) is 4.75. The Labute approximate surface area is 93.7 Å². The van der Waals surface area contributed by atoms with E-state index in [0.29, 0.717) is 0 Å². The zero-order valence-corrected chi connectivity index (χ0v) is 8.76. The molecule has 1 aliphatic carbocycles. The van der Waals surface area contributed by atoms with Gasteiger partial charge in [-0.15, -0.1) is 0 Å². The molecule has 1 aliphatic rings. The Morgan fingerprint density at radius 2 is 2.06 bits per heavy atom. The molecule has 0 aliphatic heterocycles. The highest BCUT2D eigenvalue weighted by Gasteiger charge is 2.19. The summed E-state index contributed by atoms with van der Waals surface area (Å²) < 4.78 is 5.14. The maximum absolute atomic E-state index is 11.5. The largest absolute Gasteiger partial charge is 0.457 e. The third kappa shape index (κ3) is 2.79. The Kier molecular flexibility index (Phi) is 3.15. The SMILES string of the molecule is O=C1C=C[C@H](OC(=O)Cc2ccccc2)C1. The molecular weight excluding hydrogens is 204 g/mol. The maximum atomic E-state index is 11.5. The van der Waals surface area contributed by atoms with E-state index in [4.69, 9.17) is 4.74 Å². The Morgan fingerprint density at radius 1 is 1.31 bits per heavy atom. The normalized spacial score (nSPS) is 18.8. The lowest BCUT2D eigenvalue weighted by Gasteiger charge is -2.09. The molecule has 0 bridgehead atoms. The van der Waals surface area contributed by atoms with Crippen molar-refractivity contribution < 1.29 is 14.3 Å². The summed E-state index contributed by atoms with van der Waals surface area (Å²) in [5, 5.41) is 0. The smallest absolute Gasteiger partial charge is 0.310 e. The van der Waals surface area contributed by atoms with Crippen LogP contribution in [0.15, 0.2) is 42.5 Å². The van der Waals surface area contributed by atoms with Gasteiger partial charge in [0.25, 0.3) is 0 Å². The third-order valence-electron chi connectivity index (χ3n) is 2.37. The van der Waals surface area contributed by atoms with Crippen LogP contribution in [0.5, 0.6) is 0 Å². The number of hydrogen-bond donors (Lipinski definition) is 0. The van der Waals surface area contributed by atoms with Gasteiger partial charge in [-0.05, 0) is 17.7 Å². The number of ether oxygens (including phenoxy) is 1. The van der Waals surface area contributed by atoms with E-state index in [9.17, 15) is 9.59 Å². The van der Waals surface area contributed by atoms with Gasteiger partial charge in [-0.1, -0.05) is 30.3 Å². The third-order valence-corrected chi connectivity index (χ3v) is 2.37. The standard InChI is InChI=1S/C13H12O3/c14-11-6-7-12(9-11)16-13(15)8-10-4-2-1-3-5-10/h1-7,12H,8-9H2/t12-/m0/s1. The van der Waals surface area contributed by atoms with E-state index in [1.54, 1.807) is 6.08 Å². The molecule has 0 amide bonds. The summed E-state index contributed by atoms with van der Waals surface area (Å²) in [5.41, 5.74) is 0.917. The van der Waals surface area contributed by atoms with Crippen molar-refractivity contribution in [2.24, 2.45) is 0 Å². The summed E-state index contributed by atoms with van der Waals surface area (Å²) in [7, 11) is 0. The van der Waals surface area contributed by atoms with Crippen molar-refractivity contribution in [3.8, 4) is 0 Å². The lowest BCUT2D eigenvalue weighted by molar-refractivity contribution is -0.146. The second-order valence-corrected chi connectivity index (χ2v) is 3.72. The minimum atomic E-state index is -0.372. The molecule has 0 aromatic heterocycles. The van der Waals surface area contributed by atoms with E-state index in [0.717, 1.165) is 5.56 Å². The molecule has 0 fully saturated rings. The van der Waals surface area contributed by atoms with Crippen molar-refractivity contribution in [3.63, 3.8) is 0 Å². The molecule has 3 nitrogen and oxygen atoms in total. The summed E-state index contributed by atoms with van der Waals surface area (Å²) in [5.74, 6) is -0.284. The highest BCUT2D eigenvalue weighted by Crippen LogP contribution is 2.11. The van der Waals surface area contributed by atoms with Crippen LogP contribution in [0.25, 0.3) is 0 Å². The van der Waals surface area contributed by atoms with Gasteiger partial charge in [0, 0.05) is 0 Å². The summed E-state index contributed by atoms with van der Waals surface area (Å²) in [6.45, 7) is 0. The highest BCUT2D eigenvalue weighted by molar-refractivity contribution is 5.93. The van der Waals surface area contributed by atoms with Crippen LogP contribution in [0.4, 0.5) is 0 Å². The molecule has 16 heavy (non-hydrogen) atoms. The fraction of sp³-hybridized carbons (Fsp3) is 0.231. The lowest BCUT2D eigenvalue weighted by atomic mass is 10.1. The van der Waals surface area contributed by atoms with E-state index in [1.807, 2.05) is 30.3 Å². The number of carbonyl (C=O) groups excluding carboxylic acids is 2. The highest BCUT2D eigenvalue weighted by atomic mass is 16.5. The molecule has 0 unspecified atom stereocenters. The molecule has 3 heteroatoms. The van der Waals surface area contributed by atoms with E-state index in [1.165, 1.54) is 6.08 Å². The number of carbonyl (C=O) groups is 2. The summed E-state index contributed by atoms with van der Waals surface area (Å²) >= 11 is 0. The topological polar surface area (TPSA) is 43.4 Å². The molecule has 0 heterocycles. The number of benzene rings is 1. The van der Waals surface area contributed by atoms with Gasteiger partial charge in [-0.2, -0.15) is 0 Å². The molecular formula is C13H12O3. The number of allylic oxidation sites excluding steroid dienone is 1. The fourth-order valence-electron chi connectivity index (χ4n) is 1.60. The molecule has 2 rings (SSSR count). The van der Waals surface area contributed by atoms with Gasteiger partial charge in [0.2, 0.25) is 0 Å². The zero-order valence-electron chi connectivity index (χ0n) is 8.76. The number of rotatable bonds is 3. The van der Waals surface area contributed by atoms with Gasteiger partial charge < -0.3 is 4.74 Å². The van der Waals surface area contributed by atoms with Crippen molar-refractivity contribution in [2.75, 3.05) is 0 Å². The van der Waals surface area contributed by atoms with Gasteiger partial charge >= 0.3 is 5.97 Å². The maximum Gasteiger partial charge on any atom is 0.310 e. The van der Waals surface area contributed by atoms with Crippen molar-refractivity contribution in [1.29, 1.82) is 0 Å². The van der Waals surface area contributed by atoms with Crippen molar-refractivity contribution in [1.82, 2.24) is 0 Å². The minimum absolute atomic E-state index is 0.0116. The van der Waals surface area contributed by atoms with E-state index < -0.39 is 0 Å². The fourth-order valence-corrected chi connectivity index (χ4v) is 1.60. The van der Waals surface area contributed by atoms with Crippen LogP contribution in [-0.2, 0) is 20.7 Å². The monoisotopic (exact) mass is 216 g/mol. The first-order valence-electron chi connectivity index (χ1n) is 5.18. The average molecular weight is 216 g/mol. The molecule has 0 saturated carbocycles. The molecule has 0 spiro atoms. The van der Waals surface area contributed by atoms with Crippen molar-refractivity contribution in [2.45, 2.75) is 18.9 Å². The molecule has 0 radical (unpaired) electrons. The van der Waals surface area contributed by atoms with E-state index >= 15 is 0 Å². The van der Waals surface area contributed by atoms with Crippen LogP contribution in [0.3, 0.4) is 0 Å². The van der Waals surface area contributed by atoms with Crippen LogP contribution >= 0.6 is 0 Å². The van der Waals surface area contributed by atoms with Crippen LogP contribution in [-0.4, -0.2) is 17.9 Å². The predicted molar refractivity (Wildman–Crippen MR) is 58.8 cm³/mol. The molecule has 1 atom stereocenters. The van der Waals surface area contributed by atoms with Gasteiger partial charge in [0.15, 0.2) is 5.78 Å². The summed E-state index contributed by atoms with van der Waals surface area (Å²) in [4.78, 5) is 22.4. The van der Waals surface area contributed by atoms with Crippen molar-refractivity contribution >= 4 is 11.8 Å². The minimum Gasteiger partial charge on any atom is -0.457 e. The Balaban J connectivity index is 1.86. The first-order chi connectivity index (χ1) is 7.74. The first kappa shape index (κ1) is 10.6. The number of hydrogen-bond acceptors (Lipinski definition) is 3. The predicted octanol–water partition coefficient (Wildman–Crippen LogP) is 1.67. The number of esters is 1. The average Bonchev–Trinajstić information content (AvgIpc) is 2.65. The zero-order chi connectivity index (χ0) is 11.4. The van der Waals surface area contributed by atoms with Crippen LogP contribution in [0.1, 0.15) is 12.0 Å². The first-order valence-corrected chi connectivity index (χ1v) is 5.18. The molecule has 0 saturated heterocycles.